The summed E-state index contributed by atoms with van der Waals surface area (Å²) < 4.78 is 5.14. The molecule has 2 aromatic heterocycles. The molecule has 0 saturated carbocycles. The van der Waals surface area contributed by atoms with Gasteiger partial charge in [-0.25, -0.2) is 9.97 Å². The van der Waals surface area contributed by atoms with Crippen LogP contribution in [0.15, 0.2) is 35.0 Å². The van der Waals surface area contributed by atoms with Crippen LogP contribution in [-0.2, 0) is 0 Å². The highest BCUT2D eigenvalue weighted by Gasteiger charge is 2.11. The van der Waals surface area contributed by atoms with E-state index >= 15 is 0 Å². The fraction of sp³-hybridized carbons (Fsp3) is 0.308. The van der Waals surface area contributed by atoms with Gasteiger partial charge in [0, 0.05) is 26.3 Å². The third-order valence-corrected chi connectivity index (χ3v) is 2.59. The molecular weight excluding hydrogens is 244 g/mol. The Bertz CT molecular complexity index is 539. The summed E-state index contributed by atoms with van der Waals surface area (Å²) in [7, 11) is 1.92. The summed E-state index contributed by atoms with van der Waals surface area (Å²) in [6, 6.07) is 5.70. The highest BCUT2D eigenvalue weighted by Crippen LogP contribution is 2.05. The Hall–Kier alpha value is -2.37. The van der Waals surface area contributed by atoms with Crippen LogP contribution in [0.25, 0.3) is 0 Å². The molecule has 0 radical (unpaired) electrons. The molecule has 19 heavy (non-hydrogen) atoms. The number of aromatic nitrogens is 2. The predicted molar refractivity (Wildman–Crippen MR) is 71.1 cm³/mol. The largest absolute Gasteiger partial charge is 0.438 e. The molecule has 0 saturated heterocycles. The van der Waals surface area contributed by atoms with Crippen molar-refractivity contribution in [3.05, 3.63) is 42.2 Å². The molecule has 0 aliphatic carbocycles. The fourth-order valence-corrected chi connectivity index (χ4v) is 1.57. The smallest absolute Gasteiger partial charge is 0.307 e. The molecule has 0 atom stereocenters. The molecular formula is C13H16N4O2. The Morgan fingerprint density at radius 2 is 2.26 bits per heavy atom. The quantitative estimate of drug-likeness (QED) is 0.876. The molecule has 0 aromatic carbocycles. The Labute approximate surface area is 111 Å². The van der Waals surface area contributed by atoms with Crippen LogP contribution in [0, 0.1) is 6.92 Å². The lowest BCUT2D eigenvalue weighted by molar-refractivity contribution is 0.0919. The minimum Gasteiger partial charge on any atom is -0.438 e. The molecule has 0 bridgehead atoms. The number of hydrogen-bond acceptors (Lipinski definition) is 5. The number of likely N-dealkylation sites (N-methyl/N-ethyl adjacent to an activating group) is 1. The average molecular weight is 260 g/mol. The normalized spacial score (nSPS) is 10.2. The van der Waals surface area contributed by atoms with E-state index in [0.717, 1.165) is 5.82 Å². The highest BCUT2D eigenvalue weighted by atomic mass is 16.4. The summed E-state index contributed by atoms with van der Waals surface area (Å²) in [5.41, 5.74) is 0. The minimum absolute atomic E-state index is 0.0954. The zero-order valence-electron chi connectivity index (χ0n) is 11.0. The summed E-state index contributed by atoms with van der Waals surface area (Å²) in [5.74, 6) is 1.28. The number of nitrogens with one attached hydrogen (secondary N) is 1. The first-order chi connectivity index (χ1) is 9.16. The van der Waals surface area contributed by atoms with E-state index in [1.165, 1.54) is 6.20 Å². The number of carbonyl (C=O) groups is 1. The van der Waals surface area contributed by atoms with E-state index in [0.29, 0.717) is 18.8 Å². The van der Waals surface area contributed by atoms with Gasteiger partial charge in [0.15, 0.2) is 0 Å². The molecule has 0 aliphatic rings. The lowest BCUT2D eigenvalue weighted by Gasteiger charge is -2.17. The first kappa shape index (κ1) is 13.1. The third-order valence-electron chi connectivity index (χ3n) is 2.59. The van der Waals surface area contributed by atoms with Crippen molar-refractivity contribution in [1.29, 1.82) is 0 Å². The molecule has 0 unspecified atom stereocenters. The van der Waals surface area contributed by atoms with Crippen molar-refractivity contribution in [3.8, 4) is 0 Å². The van der Waals surface area contributed by atoms with E-state index < -0.39 is 0 Å². The van der Waals surface area contributed by atoms with Gasteiger partial charge in [0.25, 0.3) is 5.89 Å². The Balaban J connectivity index is 1.79. The number of rotatable bonds is 5. The number of aryl methyl sites for hydroxylation is 1. The van der Waals surface area contributed by atoms with Gasteiger partial charge in [-0.1, -0.05) is 6.07 Å². The molecule has 0 spiro atoms. The van der Waals surface area contributed by atoms with E-state index in [1.807, 2.05) is 30.1 Å². The van der Waals surface area contributed by atoms with Gasteiger partial charge in [-0.15, -0.1) is 0 Å². The standard InChI is InChI=1S/C13H16N4O2/c1-10-9-16-13(19-10)12(18)15-7-8-17(2)11-5-3-4-6-14-11/h3-6,9H,7-8H2,1-2H3,(H,15,18). The lowest BCUT2D eigenvalue weighted by Crippen LogP contribution is -2.33. The van der Waals surface area contributed by atoms with Crippen molar-refractivity contribution >= 4 is 11.7 Å². The fourth-order valence-electron chi connectivity index (χ4n) is 1.57. The average Bonchev–Trinajstić information content (AvgIpc) is 2.86. The lowest BCUT2D eigenvalue weighted by atomic mass is 10.4. The van der Waals surface area contributed by atoms with Crippen LogP contribution in [0.4, 0.5) is 5.82 Å². The molecule has 100 valence electrons. The van der Waals surface area contributed by atoms with Crippen LogP contribution in [-0.4, -0.2) is 36.0 Å². The molecule has 2 rings (SSSR count). The van der Waals surface area contributed by atoms with Gasteiger partial charge < -0.3 is 14.6 Å². The van der Waals surface area contributed by atoms with Crippen LogP contribution in [0.2, 0.25) is 0 Å². The number of hydrogen-bond donors (Lipinski definition) is 1. The van der Waals surface area contributed by atoms with Gasteiger partial charge in [0.2, 0.25) is 0 Å². The van der Waals surface area contributed by atoms with E-state index in [2.05, 4.69) is 15.3 Å². The van der Waals surface area contributed by atoms with Crippen LogP contribution in [0.5, 0.6) is 0 Å². The number of carbonyl (C=O) groups excluding carboxylic acids is 1. The molecule has 0 aliphatic heterocycles. The molecule has 0 fully saturated rings. The summed E-state index contributed by atoms with van der Waals surface area (Å²) in [4.78, 5) is 21.7. The van der Waals surface area contributed by atoms with Gasteiger partial charge in [-0.2, -0.15) is 0 Å². The second kappa shape index (κ2) is 5.99. The molecule has 1 N–H and O–H groups in total. The molecule has 1 amide bonds. The van der Waals surface area contributed by atoms with Gasteiger partial charge in [-0.05, 0) is 19.1 Å². The topological polar surface area (TPSA) is 71.3 Å². The predicted octanol–water partition coefficient (Wildman–Crippen LogP) is 1.24. The number of nitrogens with zero attached hydrogens (tertiary/aromatic N) is 3. The molecule has 2 aromatic rings. The zero-order chi connectivity index (χ0) is 13.7. The number of pyridine rings is 1. The number of amides is 1. The minimum atomic E-state index is -0.303. The molecule has 6 nitrogen and oxygen atoms in total. The van der Waals surface area contributed by atoms with E-state index in [4.69, 9.17) is 4.42 Å². The van der Waals surface area contributed by atoms with Crippen molar-refractivity contribution in [2.45, 2.75) is 6.92 Å². The second-order valence-electron chi connectivity index (χ2n) is 4.14. The van der Waals surface area contributed by atoms with Crippen LogP contribution < -0.4 is 10.2 Å². The van der Waals surface area contributed by atoms with Crippen molar-refractivity contribution in [3.63, 3.8) is 0 Å². The van der Waals surface area contributed by atoms with Gasteiger partial charge >= 0.3 is 5.91 Å². The summed E-state index contributed by atoms with van der Waals surface area (Å²) in [6.45, 7) is 2.90. The van der Waals surface area contributed by atoms with Crippen molar-refractivity contribution < 1.29 is 9.21 Å². The monoisotopic (exact) mass is 260 g/mol. The van der Waals surface area contributed by atoms with Gasteiger partial charge in [0.1, 0.15) is 11.6 Å². The van der Waals surface area contributed by atoms with Crippen molar-refractivity contribution in [2.75, 3.05) is 25.0 Å². The van der Waals surface area contributed by atoms with Crippen molar-refractivity contribution in [1.82, 2.24) is 15.3 Å². The van der Waals surface area contributed by atoms with Crippen LogP contribution >= 0.6 is 0 Å². The highest BCUT2D eigenvalue weighted by molar-refractivity contribution is 5.89. The zero-order valence-corrected chi connectivity index (χ0v) is 11.0. The number of anilines is 1. The number of oxazole rings is 1. The first-order valence-corrected chi connectivity index (χ1v) is 5.99. The first-order valence-electron chi connectivity index (χ1n) is 5.99. The maximum absolute atomic E-state index is 11.7. The Morgan fingerprint density at radius 1 is 1.42 bits per heavy atom. The van der Waals surface area contributed by atoms with Crippen LogP contribution in [0.1, 0.15) is 16.4 Å². The third kappa shape index (κ3) is 3.54. The van der Waals surface area contributed by atoms with Gasteiger partial charge in [-0.3, -0.25) is 4.79 Å². The Kier molecular flexibility index (Phi) is 4.12. The van der Waals surface area contributed by atoms with E-state index in [-0.39, 0.29) is 11.8 Å². The summed E-state index contributed by atoms with van der Waals surface area (Å²) in [5, 5.41) is 2.75. The van der Waals surface area contributed by atoms with Crippen molar-refractivity contribution in [2.24, 2.45) is 0 Å². The van der Waals surface area contributed by atoms with E-state index in [1.54, 1.807) is 13.1 Å². The van der Waals surface area contributed by atoms with Gasteiger partial charge in [0.05, 0.1) is 6.20 Å². The molecule has 2 heterocycles. The SMILES string of the molecule is Cc1cnc(C(=O)NCCN(C)c2ccccn2)o1. The maximum Gasteiger partial charge on any atom is 0.307 e. The van der Waals surface area contributed by atoms with E-state index in [9.17, 15) is 4.79 Å². The maximum atomic E-state index is 11.7. The molecule has 6 heteroatoms. The van der Waals surface area contributed by atoms with Crippen LogP contribution in [0.3, 0.4) is 0 Å². The second-order valence-corrected chi connectivity index (χ2v) is 4.14. The summed E-state index contributed by atoms with van der Waals surface area (Å²) in [6.07, 6.45) is 3.26. The Morgan fingerprint density at radius 3 is 2.89 bits per heavy atom. The summed E-state index contributed by atoms with van der Waals surface area (Å²) >= 11 is 0.